The topological polar surface area (TPSA) is 49.3 Å². The first-order chi connectivity index (χ1) is 8.41. The Balaban J connectivity index is 2.90. The third kappa shape index (κ3) is 4.07. The maximum atomic E-state index is 12.2. The zero-order valence-corrected chi connectivity index (χ0v) is 13.6. The van der Waals surface area contributed by atoms with Gasteiger partial charge < -0.3 is 10.4 Å². The van der Waals surface area contributed by atoms with E-state index in [9.17, 15) is 4.79 Å². The van der Waals surface area contributed by atoms with Gasteiger partial charge in [-0.1, -0.05) is 22.9 Å². The minimum absolute atomic E-state index is 0.0598. The summed E-state index contributed by atoms with van der Waals surface area (Å²) >= 11 is 6.72. The minimum atomic E-state index is -0.381. The number of aliphatic hydroxyl groups is 1. The van der Waals surface area contributed by atoms with E-state index in [0.29, 0.717) is 12.0 Å². The van der Waals surface area contributed by atoms with Crippen molar-refractivity contribution in [3.8, 4) is 0 Å². The molecule has 0 spiro atoms. The van der Waals surface area contributed by atoms with Crippen molar-refractivity contribution >= 4 is 37.8 Å². The molecule has 0 aliphatic rings. The summed E-state index contributed by atoms with van der Waals surface area (Å²) in [6.45, 7) is 3.99. The van der Waals surface area contributed by atoms with E-state index < -0.39 is 0 Å². The van der Waals surface area contributed by atoms with Crippen molar-refractivity contribution in [3.05, 3.63) is 32.7 Å². The Labute approximate surface area is 124 Å². The van der Waals surface area contributed by atoms with E-state index in [1.807, 2.05) is 26.0 Å². The SMILES string of the molecule is CCC(C)(CCO)NC(=O)c1cc(Br)ccc1Br. The van der Waals surface area contributed by atoms with Gasteiger partial charge in [-0.2, -0.15) is 0 Å². The summed E-state index contributed by atoms with van der Waals surface area (Å²) in [5.74, 6) is -0.138. The van der Waals surface area contributed by atoms with Gasteiger partial charge >= 0.3 is 0 Å². The van der Waals surface area contributed by atoms with Crippen LogP contribution >= 0.6 is 31.9 Å². The predicted octanol–water partition coefficient (Wildman–Crippen LogP) is 3.49. The summed E-state index contributed by atoms with van der Waals surface area (Å²) in [7, 11) is 0. The van der Waals surface area contributed by atoms with Gasteiger partial charge in [-0.25, -0.2) is 0 Å². The van der Waals surface area contributed by atoms with Crippen LogP contribution in [-0.4, -0.2) is 23.2 Å². The van der Waals surface area contributed by atoms with Crippen molar-refractivity contribution < 1.29 is 9.90 Å². The highest BCUT2D eigenvalue weighted by Gasteiger charge is 2.25. The van der Waals surface area contributed by atoms with E-state index in [-0.39, 0.29) is 18.1 Å². The van der Waals surface area contributed by atoms with Crippen molar-refractivity contribution in [1.29, 1.82) is 0 Å². The molecule has 0 radical (unpaired) electrons. The highest BCUT2D eigenvalue weighted by molar-refractivity contribution is 9.11. The third-order valence-corrected chi connectivity index (χ3v) is 4.22. The van der Waals surface area contributed by atoms with Crippen molar-refractivity contribution in [2.75, 3.05) is 6.61 Å². The second kappa shape index (κ2) is 6.68. The molecule has 0 heterocycles. The maximum Gasteiger partial charge on any atom is 0.252 e. The number of hydrogen-bond donors (Lipinski definition) is 2. The van der Waals surface area contributed by atoms with Crippen LogP contribution in [0.4, 0.5) is 0 Å². The fourth-order valence-electron chi connectivity index (χ4n) is 1.59. The second-order valence-corrected chi connectivity index (χ2v) is 6.24. The third-order valence-electron chi connectivity index (χ3n) is 3.03. The molecular formula is C13H17Br2NO2. The molecule has 2 N–H and O–H groups in total. The number of halogens is 2. The van der Waals surface area contributed by atoms with E-state index in [1.165, 1.54) is 0 Å². The highest BCUT2D eigenvalue weighted by Crippen LogP contribution is 2.23. The molecule has 1 aromatic carbocycles. The molecule has 1 unspecified atom stereocenters. The molecular weight excluding hydrogens is 362 g/mol. The van der Waals surface area contributed by atoms with Crippen molar-refractivity contribution in [1.82, 2.24) is 5.32 Å². The number of carbonyl (C=O) groups is 1. The molecule has 1 amide bonds. The minimum Gasteiger partial charge on any atom is -0.396 e. The fraction of sp³-hybridized carbons (Fsp3) is 0.462. The molecule has 18 heavy (non-hydrogen) atoms. The molecule has 5 heteroatoms. The first kappa shape index (κ1) is 15.7. The van der Waals surface area contributed by atoms with Gasteiger partial charge in [0, 0.05) is 21.1 Å². The number of aliphatic hydroxyl groups excluding tert-OH is 1. The largest absolute Gasteiger partial charge is 0.396 e. The lowest BCUT2D eigenvalue weighted by atomic mass is 9.94. The number of amides is 1. The molecule has 0 fully saturated rings. The van der Waals surface area contributed by atoms with Crippen LogP contribution in [0.2, 0.25) is 0 Å². The maximum absolute atomic E-state index is 12.2. The molecule has 1 atom stereocenters. The van der Waals surface area contributed by atoms with Crippen LogP contribution in [0.15, 0.2) is 27.1 Å². The van der Waals surface area contributed by atoms with Crippen molar-refractivity contribution in [2.45, 2.75) is 32.2 Å². The monoisotopic (exact) mass is 377 g/mol. The first-order valence-electron chi connectivity index (χ1n) is 5.80. The molecule has 0 aliphatic heterocycles. The van der Waals surface area contributed by atoms with Crippen molar-refractivity contribution in [3.63, 3.8) is 0 Å². The van der Waals surface area contributed by atoms with Gasteiger partial charge in [-0.15, -0.1) is 0 Å². The van der Waals surface area contributed by atoms with Gasteiger partial charge in [-0.05, 0) is 53.9 Å². The summed E-state index contributed by atoms with van der Waals surface area (Å²) < 4.78 is 1.61. The summed E-state index contributed by atoms with van der Waals surface area (Å²) in [5, 5.41) is 12.0. The number of hydrogen-bond acceptors (Lipinski definition) is 2. The molecule has 0 aliphatic carbocycles. The van der Waals surface area contributed by atoms with Gasteiger partial charge in [0.15, 0.2) is 0 Å². The van der Waals surface area contributed by atoms with Crippen LogP contribution in [0.5, 0.6) is 0 Å². The average molecular weight is 379 g/mol. The molecule has 100 valence electrons. The van der Waals surface area contributed by atoms with Gasteiger partial charge in [0.05, 0.1) is 5.56 Å². The standard InChI is InChI=1S/C13H17Br2NO2/c1-3-13(2,6-7-17)16-12(18)10-8-9(14)4-5-11(10)15/h4-5,8,17H,3,6-7H2,1-2H3,(H,16,18). The predicted molar refractivity (Wildman–Crippen MR) is 79.7 cm³/mol. The Morgan fingerprint density at radius 2 is 2.11 bits per heavy atom. The van der Waals surface area contributed by atoms with Gasteiger partial charge in [0.2, 0.25) is 0 Å². The van der Waals surface area contributed by atoms with Gasteiger partial charge in [0.25, 0.3) is 5.91 Å². The van der Waals surface area contributed by atoms with E-state index in [1.54, 1.807) is 6.07 Å². The lowest BCUT2D eigenvalue weighted by molar-refractivity contribution is 0.0885. The quantitative estimate of drug-likeness (QED) is 0.823. The average Bonchev–Trinajstić information content (AvgIpc) is 2.32. The Morgan fingerprint density at radius 1 is 1.44 bits per heavy atom. The normalized spacial score (nSPS) is 14.1. The van der Waals surface area contributed by atoms with E-state index in [2.05, 4.69) is 37.2 Å². The number of carbonyl (C=O) groups excluding carboxylic acids is 1. The lowest BCUT2D eigenvalue weighted by Crippen LogP contribution is -2.46. The van der Waals surface area contributed by atoms with Crippen LogP contribution < -0.4 is 5.32 Å². The molecule has 0 saturated carbocycles. The lowest BCUT2D eigenvalue weighted by Gasteiger charge is -2.29. The second-order valence-electron chi connectivity index (χ2n) is 4.47. The molecule has 0 bridgehead atoms. The molecule has 0 aromatic heterocycles. The van der Waals surface area contributed by atoms with Gasteiger partial charge in [0.1, 0.15) is 0 Å². The van der Waals surface area contributed by atoms with Crippen LogP contribution in [0, 0.1) is 0 Å². The van der Waals surface area contributed by atoms with Crippen molar-refractivity contribution in [2.24, 2.45) is 0 Å². The van der Waals surface area contributed by atoms with E-state index >= 15 is 0 Å². The summed E-state index contributed by atoms with van der Waals surface area (Å²) in [6.07, 6.45) is 1.31. The molecule has 1 aromatic rings. The van der Waals surface area contributed by atoms with Crippen LogP contribution in [-0.2, 0) is 0 Å². The summed E-state index contributed by atoms with van der Waals surface area (Å²) in [4.78, 5) is 12.2. The zero-order chi connectivity index (χ0) is 13.8. The number of rotatable bonds is 5. The van der Waals surface area contributed by atoms with Crippen LogP contribution in [0.1, 0.15) is 37.0 Å². The summed E-state index contributed by atoms with van der Waals surface area (Å²) in [5.41, 5.74) is 0.204. The number of benzene rings is 1. The Kier molecular flexibility index (Phi) is 5.82. The summed E-state index contributed by atoms with van der Waals surface area (Å²) in [6, 6.07) is 5.47. The van der Waals surface area contributed by atoms with E-state index in [4.69, 9.17) is 5.11 Å². The Bertz CT molecular complexity index is 437. The first-order valence-corrected chi connectivity index (χ1v) is 7.39. The fourth-order valence-corrected chi connectivity index (χ4v) is 2.38. The smallest absolute Gasteiger partial charge is 0.252 e. The number of nitrogens with one attached hydrogen (secondary N) is 1. The van der Waals surface area contributed by atoms with Crippen LogP contribution in [0.25, 0.3) is 0 Å². The highest BCUT2D eigenvalue weighted by atomic mass is 79.9. The zero-order valence-electron chi connectivity index (χ0n) is 10.5. The Hall–Kier alpha value is -0.390. The molecule has 3 nitrogen and oxygen atoms in total. The van der Waals surface area contributed by atoms with Crippen LogP contribution in [0.3, 0.4) is 0 Å². The van der Waals surface area contributed by atoms with Gasteiger partial charge in [-0.3, -0.25) is 4.79 Å². The van der Waals surface area contributed by atoms with E-state index in [0.717, 1.165) is 15.4 Å². The molecule has 0 saturated heterocycles. The molecule has 1 rings (SSSR count). The Morgan fingerprint density at radius 3 is 2.67 bits per heavy atom.